The molecule has 1 aliphatic rings. The third-order valence-electron chi connectivity index (χ3n) is 3.81. The van der Waals surface area contributed by atoms with Gasteiger partial charge < -0.3 is 0 Å². The Morgan fingerprint density at radius 2 is 1.15 bits per heavy atom. The highest BCUT2D eigenvalue weighted by molar-refractivity contribution is 8.08. The maximum atomic E-state index is 13.1. The number of hydrogen-bond donors (Lipinski definition) is 0. The molecule has 1 aliphatic carbocycles. The number of fused-ring (bicyclic) bond motifs is 1. The summed E-state index contributed by atoms with van der Waals surface area (Å²) in [5.41, 5.74) is 0.599. The second-order valence-electron chi connectivity index (χ2n) is 5.55. The molecular formula is C21H13NO2S2. The standard InChI is InChI=1S/C21H13NO2S2/c23-18-16-12-7-13-22-17(16)19(24)21(26-15-10-5-2-6-11-15)20(18)25-14-8-3-1-4-9-14/h1-13H. The number of rotatable bonds is 4. The molecule has 1 aromatic heterocycles. The van der Waals surface area contributed by atoms with E-state index in [-0.39, 0.29) is 17.3 Å². The van der Waals surface area contributed by atoms with Gasteiger partial charge in [0.15, 0.2) is 0 Å². The average Bonchev–Trinajstić information content (AvgIpc) is 2.70. The smallest absolute Gasteiger partial charge is 0.220 e. The molecular weight excluding hydrogens is 362 g/mol. The summed E-state index contributed by atoms with van der Waals surface area (Å²) in [6.45, 7) is 0. The number of benzene rings is 2. The van der Waals surface area contributed by atoms with Gasteiger partial charge in [0.05, 0.1) is 15.4 Å². The third-order valence-corrected chi connectivity index (χ3v) is 6.14. The summed E-state index contributed by atoms with van der Waals surface area (Å²) in [5.74, 6) is -0.354. The number of Topliss-reactive ketones (excluding diaryl/α,β-unsaturated/α-hetero) is 2. The molecule has 126 valence electrons. The van der Waals surface area contributed by atoms with E-state index >= 15 is 0 Å². The van der Waals surface area contributed by atoms with E-state index < -0.39 is 0 Å². The summed E-state index contributed by atoms with van der Waals surface area (Å²) in [7, 11) is 0. The third kappa shape index (κ3) is 3.23. The zero-order chi connectivity index (χ0) is 17.9. The lowest BCUT2D eigenvalue weighted by Gasteiger charge is -2.19. The highest BCUT2D eigenvalue weighted by atomic mass is 32.2. The van der Waals surface area contributed by atoms with E-state index in [0.717, 1.165) is 9.79 Å². The van der Waals surface area contributed by atoms with Crippen molar-refractivity contribution in [2.24, 2.45) is 0 Å². The largest absolute Gasteiger partial charge is 0.288 e. The normalized spacial score (nSPS) is 13.7. The van der Waals surface area contributed by atoms with Crippen LogP contribution in [0.4, 0.5) is 0 Å². The molecule has 0 fully saturated rings. The van der Waals surface area contributed by atoms with E-state index in [4.69, 9.17) is 0 Å². The Bertz CT molecular complexity index is 932. The summed E-state index contributed by atoms with van der Waals surface area (Å²) in [5, 5.41) is 0. The minimum Gasteiger partial charge on any atom is -0.288 e. The lowest BCUT2D eigenvalue weighted by Crippen LogP contribution is -2.21. The van der Waals surface area contributed by atoms with Crippen LogP contribution in [0.2, 0.25) is 0 Å². The van der Waals surface area contributed by atoms with Crippen LogP contribution in [-0.2, 0) is 0 Å². The number of thioether (sulfide) groups is 2. The van der Waals surface area contributed by atoms with Crippen molar-refractivity contribution in [2.45, 2.75) is 9.79 Å². The summed E-state index contributed by atoms with van der Waals surface area (Å²) in [6.07, 6.45) is 1.55. The summed E-state index contributed by atoms with van der Waals surface area (Å²) in [4.78, 5) is 33.0. The minimum atomic E-state index is -0.201. The van der Waals surface area contributed by atoms with Crippen molar-refractivity contribution in [3.05, 3.63) is 100 Å². The number of nitrogens with zero attached hydrogens (tertiary/aromatic N) is 1. The van der Waals surface area contributed by atoms with Gasteiger partial charge >= 0.3 is 0 Å². The van der Waals surface area contributed by atoms with E-state index in [9.17, 15) is 9.59 Å². The summed E-state index contributed by atoms with van der Waals surface area (Å²) < 4.78 is 0. The monoisotopic (exact) mass is 375 g/mol. The maximum absolute atomic E-state index is 13.1. The van der Waals surface area contributed by atoms with Gasteiger partial charge in [-0.15, -0.1) is 0 Å². The van der Waals surface area contributed by atoms with Crippen LogP contribution in [0.3, 0.4) is 0 Å². The minimum absolute atomic E-state index is 0.153. The first-order valence-electron chi connectivity index (χ1n) is 7.98. The molecule has 0 bridgehead atoms. The second-order valence-corrected chi connectivity index (χ2v) is 7.71. The first-order valence-corrected chi connectivity index (χ1v) is 9.62. The van der Waals surface area contributed by atoms with Crippen molar-refractivity contribution >= 4 is 35.1 Å². The van der Waals surface area contributed by atoms with Crippen molar-refractivity contribution in [1.29, 1.82) is 0 Å². The number of allylic oxidation sites excluding steroid dienone is 2. The molecule has 0 radical (unpaired) electrons. The Morgan fingerprint density at radius 3 is 1.73 bits per heavy atom. The van der Waals surface area contributed by atoms with Crippen LogP contribution in [0.1, 0.15) is 20.8 Å². The molecule has 4 rings (SSSR count). The molecule has 3 nitrogen and oxygen atoms in total. The van der Waals surface area contributed by atoms with Crippen LogP contribution >= 0.6 is 23.5 Å². The summed E-state index contributed by atoms with van der Waals surface area (Å²) >= 11 is 2.64. The van der Waals surface area contributed by atoms with Gasteiger partial charge in [-0.25, -0.2) is 0 Å². The van der Waals surface area contributed by atoms with Gasteiger partial charge in [-0.2, -0.15) is 0 Å². The molecule has 26 heavy (non-hydrogen) atoms. The highest BCUT2D eigenvalue weighted by Crippen LogP contribution is 2.42. The van der Waals surface area contributed by atoms with Gasteiger partial charge in [0.25, 0.3) is 0 Å². The Kier molecular flexibility index (Phi) is 4.73. The van der Waals surface area contributed by atoms with Crippen molar-refractivity contribution < 1.29 is 9.59 Å². The van der Waals surface area contributed by atoms with E-state index in [2.05, 4.69) is 4.98 Å². The molecule has 0 spiro atoms. The fourth-order valence-electron chi connectivity index (χ4n) is 2.60. The van der Waals surface area contributed by atoms with Gasteiger partial charge in [0.1, 0.15) is 5.69 Å². The van der Waals surface area contributed by atoms with Crippen molar-refractivity contribution in [3.63, 3.8) is 0 Å². The Labute approximate surface area is 159 Å². The molecule has 3 aromatic rings. The molecule has 1 heterocycles. The summed E-state index contributed by atoms with van der Waals surface area (Å²) in [6, 6.07) is 22.5. The van der Waals surface area contributed by atoms with Crippen LogP contribution < -0.4 is 0 Å². The number of carbonyl (C=O) groups is 2. The van der Waals surface area contributed by atoms with E-state index in [1.165, 1.54) is 23.5 Å². The molecule has 0 unspecified atom stereocenters. The van der Waals surface area contributed by atoms with Crippen LogP contribution in [-0.4, -0.2) is 16.6 Å². The second kappa shape index (κ2) is 7.32. The Hall–Kier alpha value is -2.63. The zero-order valence-electron chi connectivity index (χ0n) is 13.6. The zero-order valence-corrected chi connectivity index (χ0v) is 15.2. The SMILES string of the molecule is O=C1C(Sc2ccccc2)=C(Sc2ccccc2)C(=O)c2ncccc21. The number of ketones is 2. The Morgan fingerprint density at radius 1 is 0.615 bits per heavy atom. The molecule has 0 saturated heterocycles. The van der Waals surface area contributed by atoms with Crippen molar-refractivity contribution in [2.75, 3.05) is 0 Å². The number of pyridine rings is 1. The van der Waals surface area contributed by atoms with E-state index in [1.54, 1.807) is 18.3 Å². The lowest BCUT2D eigenvalue weighted by molar-refractivity contribution is 0.0984. The van der Waals surface area contributed by atoms with Gasteiger partial charge in [-0.3, -0.25) is 14.6 Å². The van der Waals surface area contributed by atoms with Crippen LogP contribution in [0.5, 0.6) is 0 Å². The molecule has 0 atom stereocenters. The van der Waals surface area contributed by atoms with Gasteiger partial charge in [-0.05, 0) is 36.4 Å². The van der Waals surface area contributed by atoms with Crippen LogP contribution in [0, 0.1) is 0 Å². The first kappa shape index (κ1) is 16.8. The first-order chi connectivity index (χ1) is 12.7. The number of hydrogen-bond acceptors (Lipinski definition) is 5. The topological polar surface area (TPSA) is 47.0 Å². The fraction of sp³-hybridized carbons (Fsp3) is 0. The predicted octanol–water partition coefficient (Wildman–Crippen LogP) is 5.26. The van der Waals surface area contributed by atoms with Crippen LogP contribution in [0.25, 0.3) is 0 Å². The van der Waals surface area contributed by atoms with Gasteiger partial charge in [0.2, 0.25) is 11.6 Å². The van der Waals surface area contributed by atoms with Crippen molar-refractivity contribution in [1.82, 2.24) is 4.98 Å². The number of carbonyl (C=O) groups excluding carboxylic acids is 2. The predicted molar refractivity (Wildman–Crippen MR) is 105 cm³/mol. The molecule has 5 heteroatoms. The number of aromatic nitrogens is 1. The highest BCUT2D eigenvalue weighted by Gasteiger charge is 2.34. The molecule has 0 amide bonds. The van der Waals surface area contributed by atoms with Crippen LogP contribution in [0.15, 0.2) is 98.6 Å². The Balaban J connectivity index is 1.82. The maximum Gasteiger partial charge on any atom is 0.220 e. The van der Waals surface area contributed by atoms with Gasteiger partial charge in [0, 0.05) is 16.0 Å². The molecule has 0 saturated carbocycles. The van der Waals surface area contributed by atoms with Gasteiger partial charge in [-0.1, -0.05) is 59.9 Å². The van der Waals surface area contributed by atoms with Crippen molar-refractivity contribution in [3.8, 4) is 0 Å². The van der Waals surface area contributed by atoms with E-state index in [0.29, 0.717) is 15.4 Å². The molecule has 2 aromatic carbocycles. The average molecular weight is 375 g/mol. The van der Waals surface area contributed by atoms with E-state index in [1.807, 2.05) is 60.7 Å². The lowest BCUT2D eigenvalue weighted by atomic mass is 10.00. The quantitative estimate of drug-likeness (QED) is 0.623. The molecule has 0 N–H and O–H groups in total. The molecule has 0 aliphatic heterocycles. The fourth-order valence-corrected chi connectivity index (χ4v) is 4.67.